The molecule has 8 heteroatoms. The lowest BCUT2D eigenvalue weighted by atomic mass is 9.71. The molecule has 2 aliphatic rings. The number of hydrogen-bond donors (Lipinski definition) is 2. The van der Waals surface area contributed by atoms with Gasteiger partial charge in [-0.15, -0.1) is 10.2 Å². The van der Waals surface area contributed by atoms with Crippen molar-refractivity contribution in [3.63, 3.8) is 0 Å². The topological polar surface area (TPSA) is 84.0 Å². The molecule has 0 unspecified atom stereocenters. The predicted octanol–water partition coefficient (Wildman–Crippen LogP) is 3.21. The number of nitrogens with zero attached hydrogens (tertiary/aromatic N) is 2. The molecule has 0 saturated heterocycles. The largest absolute Gasteiger partial charge is 0.353 e. The highest BCUT2D eigenvalue weighted by atomic mass is 32.2. The first-order valence-electron chi connectivity index (χ1n) is 8.68. The van der Waals surface area contributed by atoms with E-state index in [-0.39, 0.29) is 18.2 Å². The Balaban J connectivity index is 1.66. The van der Waals surface area contributed by atoms with Crippen LogP contribution >= 0.6 is 23.1 Å². The van der Waals surface area contributed by atoms with Gasteiger partial charge in [-0.1, -0.05) is 49.3 Å². The molecule has 2 aliphatic carbocycles. The van der Waals surface area contributed by atoms with Crippen LogP contribution in [0, 0.1) is 5.41 Å². The number of anilines is 1. The van der Waals surface area contributed by atoms with Crippen LogP contribution in [0.5, 0.6) is 0 Å². The highest BCUT2D eigenvalue weighted by Crippen LogP contribution is 2.41. The zero-order valence-corrected chi connectivity index (χ0v) is 15.6. The zero-order valence-electron chi connectivity index (χ0n) is 14.0. The van der Waals surface area contributed by atoms with Gasteiger partial charge in [-0.3, -0.25) is 9.59 Å². The average Bonchev–Trinajstić information content (AvgIpc) is 3.26. The van der Waals surface area contributed by atoms with E-state index in [4.69, 9.17) is 0 Å². The molecule has 2 N–H and O–H groups in total. The summed E-state index contributed by atoms with van der Waals surface area (Å²) in [6.07, 6.45) is 7.08. The van der Waals surface area contributed by atoms with Gasteiger partial charge in [-0.25, -0.2) is 0 Å². The Morgan fingerprint density at radius 1 is 1.25 bits per heavy atom. The molecular formula is C16H24N4O2S2. The van der Waals surface area contributed by atoms with Gasteiger partial charge in [0.25, 0.3) is 0 Å². The first-order chi connectivity index (χ1) is 11.6. The molecule has 6 nitrogen and oxygen atoms in total. The second kappa shape index (κ2) is 7.82. The summed E-state index contributed by atoms with van der Waals surface area (Å²) in [5.74, 6) is 0.861. The lowest BCUT2D eigenvalue weighted by Crippen LogP contribution is -2.42. The summed E-state index contributed by atoms with van der Waals surface area (Å²) in [4.78, 5) is 25.2. The maximum atomic E-state index is 12.9. The number of nitrogens with one attached hydrogen (secondary N) is 2. The van der Waals surface area contributed by atoms with Gasteiger partial charge in [0.1, 0.15) is 0 Å². The maximum absolute atomic E-state index is 12.9. The molecule has 24 heavy (non-hydrogen) atoms. The van der Waals surface area contributed by atoms with Crippen LogP contribution in [0.4, 0.5) is 5.13 Å². The molecule has 1 aromatic rings. The molecule has 0 atom stereocenters. The normalized spacial score (nSPS) is 19.7. The Morgan fingerprint density at radius 3 is 2.67 bits per heavy atom. The lowest BCUT2D eigenvalue weighted by molar-refractivity contribution is -0.134. The number of aromatic nitrogens is 2. The molecule has 3 rings (SSSR count). The molecule has 0 spiro atoms. The predicted molar refractivity (Wildman–Crippen MR) is 96.2 cm³/mol. The van der Waals surface area contributed by atoms with E-state index in [1.807, 2.05) is 0 Å². The fraction of sp³-hybridized carbons (Fsp3) is 0.750. The van der Waals surface area contributed by atoms with Crippen LogP contribution in [0.2, 0.25) is 0 Å². The minimum atomic E-state index is -0.596. The van der Waals surface area contributed by atoms with Crippen molar-refractivity contribution in [1.82, 2.24) is 15.5 Å². The summed E-state index contributed by atoms with van der Waals surface area (Å²) in [6.45, 7) is 2.06. The van der Waals surface area contributed by atoms with Gasteiger partial charge in [-0.2, -0.15) is 0 Å². The van der Waals surface area contributed by atoms with Crippen LogP contribution in [0.25, 0.3) is 0 Å². The first kappa shape index (κ1) is 17.7. The maximum Gasteiger partial charge on any atom is 0.232 e. The summed E-state index contributed by atoms with van der Waals surface area (Å²) in [5.41, 5.74) is -0.596. The number of amides is 2. The summed E-state index contributed by atoms with van der Waals surface area (Å²) < 4.78 is 0.858. The number of thioether (sulfide) groups is 1. The fourth-order valence-corrected chi connectivity index (χ4v) is 4.84. The smallest absolute Gasteiger partial charge is 0.232 e. The number of carbonyl (C=O) groups excluding carboxylic acids is 2. The van der Waals surface area contributed by atoms with E-state index in [1.165, 1.54) is 11.3 Å². The number of carbonyl (C=O) groups is 2. The zero-order chi connectivity index (χ0) is 17.0. The summed E-state index contributed by atoms with van der Waals surface area (Å²) in [5, 5.41) is 14.6. The third kappa shape index (κ3) is 4.47. The van der Waals surface area contributed by atoms with Gasteiger partial charge in [0.2, 0.25) is 16.9 Å². The van der Waals surface area contributed by atoms with Crippen molar-refractivity contribution in [3.05, 3.63) is 0 Å². The van der Waals surface area contributed by atoms with E-state index >= 15 is 0 Å². The molecule has 0 bridgehead atoms. The van der Waals surface area contributed by atoms with E-state index in [0.29, 0.717) is 11.2 Å². The Bertz CT molecular complexity index is 595. The Labute approximate surface area is 150 Å². The van der Waals surface area contributed by atoms with Gasteiger partial charge in [-0.05, 0) is 31.4 Å². The monoisotopic (exact) mass is 368 g/mol. The molecular weight excluding hydrogens is 344 g/mol. The van der Waals surface area contributed by atoms with E-state index in [2.05, 4.69) is 27.8 Å². The van der Waals surface area contributed by atoms with Gasteiger partial charge < -0.3 is 10.6 Å². The molecule has 1 aromatic heterocycles. The van der Waals surface area contributed by atoms with Crippen molar-refractivity contribution >= 4 is 40.0 Å². The van der Waals surface area contributed by atoms with Crippen molar-refractivity contribution in [2.45, 2.75) is 68.7 Å². The van der Waals surface area contributed by atoms with Crippen LogP contribution in [0.15, 0.2) is 4.34 Å². The molecule has 1 heterocycles. The van der Waals surface area contributed by atoms with E-state index < -0.39 is 5.41 Å². The van der Waals surface area contributed by atoms with E-state index in [9.17, 15) is 9.59 Å². The number of hydrogen-bond acceptors (Lipinski definition) is 6. The van der Waals surface area contributed by atoms with Crippen LogP contribution in [0.1, 0.15) is 58.3 Å². The summed E-state index contributed by atoms with van der Waals surface area (Å²) in [6, 6.07) is 0.331. The highest BCUT2D eigenvalue weighted by molar-refractivity contribution is 8.01. The third-order valence-corrected chi connectivity index (χ3v) is 6.48. The SMILES string of the molecule is CCSc1nnc(NC(=O)C2(CC(=O)NC3CC3)CCCCC2)s1. The molecule has 0 aliphatic heterocycles. The Hall–Kier alpha value is -1.15. The second-order valence-corrected chi connectivity index (χ2v) is 9.11. The van der Waals surface area contributed by atoms with Crippen molar-refractivity contribution in [2.24, 2.45) is 5.41 Å². The second-order valence-electron chi connectivity index (χ2n) is 6.62. The molecule has 0 aromatic carbocycles. The Morgan fingerprint density at radius 2 is 2.00 bits per heavy atom. The molecule has 2 saturated carbocycles. The summed E-state index contributed by atoms with van der Waals surface area (Å²) in [7, 11) is 0. The van der Waals surface area contributed by atoms with Crippen LogP contribution < -0.4 is 10.6 Å². The molecule has 0 radical (unpaired) electrons. The van der Waals surface area contributed by atoms with Crippen molar-refractivity contribution in [3.8, 4) is 0 Å². The summed E-state index contributed by atoms with van der Waals surface area (Å²) >= 11 is 3.01. The van der Waals surface area contributed by atoms with Crippen molar-refractivity contribution in [2.75, 3.05) is 11.1 Å². The minimum absolute atomic E-state index is 0.00837. The van der Waals surface area contributed by atoms with Gasteiger partial charge >= 0.3 is 0 Å². The van der Waals surface area contributed by atoms with Crippen molar-refractivity contribution in [1.29, 1.82) is 0 Å². The molecule has 132 valence electrons. The van der Waals surface area contributed by atoms with Gasteiger partial charge in [0, 0.05) is 12.5 Å². The minimum Gasteiger partial charge on any atom is -0.353 e. The van der Waals surface area contributed by atoms with Crippen LogP contribution in [-0.2, 0) is 9.59 Å². The van der Waals surface area contributed by atoms with E-state index in [0.717, 1.165) is 55.0 Å². The highest BCUT2D eigenvalue weighted by Gasteiger charge is 2.42. The average molecular weight is 369 g/mol. The first-order valence-corrected chi connectivity index (χ1v) is 10.5. The molecule has 2 fully saturated rings. The van der Waals surface area contributed by atoms with Crippen LogP contribution in [-0.4, -0.2) is 33.8 Å². The molecule has 2 amide bonds. The number of rotatable bonds is 7. The lowest BCUT2D eigenvalue weighted by Gasteiger charge is -2.35. The van der Waals surface area contributed by atoms with Crippen LogP contribution in [0.3, 0.4) is 0 Å². The Kier molecular flexibility index (Phi) is 5.76. The van der Waals surface area contributed by atoms with Gasteiger partial charge in [0.05, 0.1) is 5.41 Å². The third-order valence-electron chi connectivity index (χ3n) is 4.63. The quantitative estimate of drug-likeness (QED) is 0.570. The van der Waals surface area contributed by atoms with E-state index in [1.54, 1.807) is 11.8 Å². The fourth-order valence-electron chi connectivity index (χ4n) is 3.20. The van der Waals surface area contributed by atoms with Gasteiger partial charge in [0.15, 0.2) is 4.34 Å². The standard InChI is InChI=1S/C16H24N4O2S2/c1-2-23-15-20-19-14(24-15)18-13(22)16(8-4-3-5-9-16)10-12(21)17-11-6-7-11/h11H,2-10H2,1H3,(H,17,21)(H,18,19,22). The van der Waals surface area contributed by atoms with Crippen molar-refractivity contribution < 1.29 is 9.59 Å².